The van der Waals surface area contributed by atoms with E-state index < -0.39 is 0 Å². The van der Waals surface area contributed by atoms with Crippen LogP contribution in [-0.4, -0.2) is 0 Å². The van der Waals surface area contributed by atoms with Crippen LogP contribution in [0.2, 0.25) is 0 Å². The molecule has 0 aliphatic rings. The molecule has 0 aromatic carbocycles. The van der Waals surface area contributed by atoms with Crippen LogP contribution in [0, 0.1) is 11.8 Å². The van der Waals surface area contributed by atoms with Gasteiger partial charge in [-0.15, -0.1) is 0 Å². The molecule has 0 heterocycles. The Kier molecular flexibility index (Phi) is 4.96. The molecule has 0 aliphatic heterocycles. The quantitative estimate of drug-likeness (QED) is 0.549. The van der Waals surface area contributed by atoms with Crippen molar-refractivity contribution >= 4 is 0 Å². The molecule has 0 heteroatoms. The van der Waals surface area contributed by atoms with Crippen molar-refractivity contribution in [2.24, 2.45) is 11.8 Å². The summed E-state index contributed by atoms with van der Waals surface area (Å²) >= 11 is 0. The molecule has 0 aromatic rings. The fourth-order valence-corrected chi connectivity index (χ4v) is 0.800. The zero-order valence-corrected chi connectivity index (χ0v) is 9.15. The van der Waals surface area contributed by atoms with Gasteiger partial charge < -0.3 is 0 Å². The summed E-state index contributed by atoms with van der Waals surface area (Å²) in [5.74, 6) is 1.31. The first-order valence-electron chi connectivity index (χ1n) is 4.77. The maximum absolute atomic E-state index is 3.95. The van der Waals surface area contributed by atoms with E-state index in [1.54, 1.807) is 0 Å². The molecule has 0 N–H and O–H groups in total. The van der Waals surface area contributed by atoms with Gasteiger partial charge in [-0.3, -0.25) is 0 Å². The summed E-state index contributed by atoms with van der Waals surface area (Å²) in [5.41, 5.74) is 2.77. The van der Waals surface area contributed by atoms with Crippen LogP contribution in [0.5, 0.6) is 0 Å². The monoisotopic (exact) mass is 166 g/mol. The van der Waals surface area contributed by atoms with E-state index in [1.807, 2.05) is 0 Å². The van der Waals surface area contributed by atoms with Gasteiger partial charge in [0.1, 0.15) is 0 Å². The Morgan fingerprint density at radius 1 is 1.25 bits per heavy atom. The molecule has 0 spiro atoms. The first kappa shape index (κ1) is 11.5. The van der Waals surface area contributed by atoms with Crippen LogP contribution in [0.25, 0.3) is 0 Å². The smallest absolute Gasteiger partial charge is 0.0202 e. The molecular weight excluding hydrogens is 144 g/mol. The molecule has 0 aliphatic carbocycles. The highest BCUT2D eigenvalue weighted by atomic mass is 14.1. The standard InChI is InChI=1S/C12H22/c1-9(2)11(5)7-8-12(6)10(3)4/h8,10-11H,1,7H2,2-6H3. The minimum absolute atomic E-state index is 0.624. The number of hydrogen-bond acceptors (Lipinski definition) is 0. The molecule has 12 heavy (non-hydrogen) atoms. The highest BCUT2D eigenvalue weighted by Crippen LogP contribution is 2.16. The van der Waals surface area contributed by atoms with Gasteiger partial charge in [0.25, 0.3) is 0 Å². The third-order valence-corrected chi connectivity index (χ3v) is 2.55. The van der Waals surface area contributed by atoms with E-state index in [0.717, 1.165) is 6.42 Å². The molecule has 0 amide bonds. The van der Waals surface area contributed by atoms with Crippen LogP contribution in [0.1, 0.15) is 41.0 Å². The third-order valence-electron chi connectivity index (χ3n) is 2.55. The van der Waals surface area contributed by atoms with Gasteiger partial charge in [0.05, 0.1) is 0 Å². The maximum Gasteiger partial charge on any atom is -0.0202 e. The van der Waals surface area contributed by atoms with Gasteiger partial charge in [-0.25, -0.2) is 0 Å². The summed E-state index contributed by atoms with van der Waals surface area (Å²) in [6.45, 7) is 14.9. The van der Waals surface area contributed by atoms with E-state index in [9.17, 15) is 0 Å². The third kappa shape index (κ3) is 4.38. The molecule has 0 rings (SSSR count). The van der Waals surface area contributed by atoms with Crippen LogP contribution in [-0.2, 0) is 0 Å². The summed E-state index contributed by atoms with van der Waals surface area (Å²) in [7, 11) is 0. The van der Waals surface area contributed by atoms with Gasteiger partial charge in [-0.05, 0) is 32.1 Å². The molecule has 0 fully saturated rings. The fourth-order valence-electron chi connectivity index (χ4n) is 0.800. The molecule has 0 saturated heterocycles. The highest BCUT2D eigenvalue weighted by Gasteiger charge is 2.01. The number of hydrogen-bond donors (Lipinski definition) is 0. The van der Waals surface area contributed by atoms with E-state index >= 15 is 0 Å². The van der Waals surface area contributed by atoms with Gasteiger partial charge in [-0.1, -0.05) is 44.6 Å². The second-order valence-electron chi connectivity index (χ2n) is 4.09. The Morgan fingerprint density at radius 2 is 1.75 bits per heavy atom. The average Bonchev–Trinajstić information content (AvgIpc) is 1.98. The summed E-state index contributed by atoms with van der Waals surface area (Å²) < 4.78 is 0. The van der Waals surface area contributed by atoms with Crippen molar-refractivity contribution in [3.63, 3.8) is 0 Å². The van der Waals surface area contributed by atoms with Crippen LogP contribution >= 0.6 is 0 Å². The lowest BCUT2D eigenvalue weighted by molar-refractivity contribution is 0.680. The molecule has 1 atom stereocenters. The molecule has 70 valence electrons. The van der Waals surface area contributed by atoms with Gasteiger partial charge in [0.15, 0.2) is 0 Å². The van der Waals surface area contributed by atoms with Crippen LogP contribution in [0.4, 0.5) is 0 Å². The molecule has 0 aromatic heterocycles. The average molecular weight is 166 g/mol. The van der Waals surface area contributed by atoms with Crippen molar-refractivity contribution in [2.45, 2.75) is 41.0 Å². The highest BCUT2D eigenvalue weighted by molar-refractivity contribution is 5.05. The van der Waals surface area contributed by atoms with Crippen LogP contribution in [0.3, 0.4) is 0 Å². The summed E-state index contributed by atoms with van der Waals surface area (Å²) in [4.78, 5) is 0. The molecule has 0 bridgehead atoms. The van der Waals surface area contributed by atoms with Gasteiger partial charge in [0.2, 0.25) is 0 Å². The van der Waals surface area contributed by atoms with Gasteiger partial charge in [-0.2, -0.15) is 0 Å². The van der Waals surface area contributed by atoms with E-state index in [-0.39, 0.29) is 0 Å². The number of rotatable bonds is 4. The predicted molar refractivity (Wildman–Crippen MR) is 57.2 cm³/mol. The van der Waals surface area contributed by atoms with E-state index in [2.05, 4.69) is 47.3 Å². The first-order valence-corrected chi connectivity index (χ1v) is 4.77. The van der Waals surface area contributed by atoms with Crippen molar-refractivity contribution in [3.05, 3.63) is 23.8 Å². The Labute approximate surface area is 77.4 Å². The molecule has 0 radical (unpaired) electrons. The predicted octanol–water partition coefficient (Wildman–Crippen LogP) is 4.19. The van der Waals surface area contributed by atoms with Crippen molar-refractivity contribution in [3.8, 4) is 0 Å². The van der Waals surface area contributed by atoms with E-state index in [0.29, 0.717) is 11.8 Å². The fraction of sp³-hybridized carbons (Fsp3) is 0.667. The first-order chi connectivity index (χ1) is 5.45. The second-order valence-corrected chi connectivity index (χ2v) is 4.09. The van der Waals surface area contributed by atoms with Crippen molar-refractivity contribution < 1.29 is 0 Å². The lowest BCUT2D eigenvalue weighted by Gasteiger charge is -2.10. The van der Waals surface area contributed by atoms with E-state index in [1.165, 1.54) is 11.1 Å². The maximum atomic E-state index is 3.95. The topological polar surface area (TPSA) is 0 Å². The molecular formula is C12H22. The lowest BCUT2D eigenvalue weighted by atomic mass is 9.96. The summed E-state index contributed by atoms with van der Waals surface area (Å²) in [5, 5.41) is 0. The molecule has 0 saturated carbocycles. The minimum atomic E-state index is 0.624. The Bertz CT molecular complexity index is 172. The lowest BCUT2D eigenvalue weighted by Crippen LogP contribution is -1.95. The number of allylic oxidation sites excluding steroid dienone is 3. The molecule has 0 nitrogen and oxygen atoms in total. The summed E-state index contributed by atoms with van der Waals surface area (Å²) in [6.07, 6.45) is 3.48. The van der Waals surface area contributed by atoms with Crippen molar-refractivity contribution in [2.75, 3.05) is 0 Å². The SMILES string of the molecule is C=C(C)C(C)CC=C(C)C(C)C. The molecule has 1 unspecified atom stereocenters. The van der Waals surface area contributed by atoms with Crippen LogP contribution in [0.15, 0.2) is 23.8 Å². The minimum Gasteiger partial charge on any atom is -0.0999 e. The van der Waals surface area contributed by atoms with Crippen molar-refractivity contribution in [1.29, 1.82) is 0 Å². The largest absolute Gasteiger partial charge is 0.0999 e. The summed E-state index contributed by atoms with van der Waals surface area (Å²) in [6, 6.07) is 0. The normalized spacial score (nSPS) is 15.0. The zero-order chi connectivity index (χ0) is 9.72. The Hall–Kier alpha value is -0.520. The zero-order valence-electron chi connectivity index (χ0n) is 9.15. The Balaban J connectivity index is 3.96. The van der Waals surface area contributed by atoms with Crippen molar-refractivity contribution in [1.82, 2.24) is 0 Å². The van der Waals surface area contributed by atoms with E-state index in [4.69, 9.17) is 0 Å². The van der Waals surface area contributed by atoms with Crippen LogP contribution < -0.4 is 0 Å². The van der Waals surface area contributed by atoms with Gasteiger partial charge >= 0.3 is 0 Å². The van der Waals surface area contributed by atoms with Gasteiger partial charge in [0, 0.05) is 0 Å². The Morgan fingerprint density at radius 3 is 2.08 bits per heavy atom. The second kappa shape index (κ2) is 5.18.